The van der Waals surface area contributed by atoms with Crippen molar-refractivity contribution in [3.8, 4) is 5.75 Å². The number of carbonyl (C=O) groups excluding carboxylic acids is 3. The number of amides is 3. The van der Waals surface area contributed by atoms with Crippen LogP contribution in [-0.4, -0.2) is 43.6 Å². The van der Waals surface area contributed by atoms with E-state index in [4.69, 9.17) is 27.9 Å². The van der Waals surface area contributed by atoms with Crippen LogP contribution in [0.3, 0.4) is 0 Å². The quantitative estimate of drug-likeness (QED) is 0.172. The molecule has 3 aromatic rings. The highest BCUT2D eigenvalue weighted by Crippen LogP contribution is 2.41. The van der Waals surface area contributed by atoms with Gasteiger partial charge in [-0.2, -0.15) is 13.2 Å². The van der Waals surface area contributed by atoms with Crippen LogP contribution < -0.4 is 20.7 Å². The number of fused-ring (bicyclic) bond motifs is 1. The second kappa shape index (κ2) is 13.6. The number of rotatable bonds is 7. The van der Waals surface area contributed by atoms with E-state index in [1.807, 2.05) is 0 Å². The molecule has 4 rings (SSSR count). The molecule has 45 heavy (non-hydrogen) atoms. The van der Waals surface area contributed by atoms with Crippen LogP contribution in [0.25, 0.3) is 10.8 Å². The Labute approximate surface area is 262 Å². The maximum absolute atomic E-state index is 13.6. The zero-order chi connectivity index (χ0) is 33.1. The second-order valence-corrected chi connectivity index (χ2v) is 11.1. The third-order valence-corrected chi connectivity index (χ3v) is 7.91. The fourth-order valence-corrected chi connectivity index (χ4v) is 5.72. The molecule has 3 aromatic carbocycles. The van der Waals surface area contributed by atoms with Gasteiger partial charge in [0.15, 0.2) is 0 Å². The molecular weight excluding hydrogens is 655 g/mol. The number of esters is 1. The van der Waals surface area contributed by atoms with Crippen LogP contribution in [0, 0.1) is 11.8 Å². The fraction of sp³-hybridized carbons (Fsp3) is 0.345. The minimum Gasteiger partial charge on any atom is -0.467 e. The first-order valence-corrected chi connectivity index (χ1v) is 14.1. The molecule has 0 bridgehead atoms. The number of alkyl halides is 6. The minimum atomic E-state index is -5.01. The molecular formula is C29H25Cl2F6N3O5. The van der Waals surface area contributed by atoms with Crippen LogP contribution in [0.2, 0.25) is 10.0 Å². The third-order valence-electron chi connectivity index (χ3n) is 7.31. The minimum absolute atomic E-state index is 0.0176. The zero-order valence-corrected chi connectivity index (χ0v) is 24.8. The van der Waals surface area contributed by atoms with Gasteiger partial charge in [0.25, 0.3) is 5.91 Å². The van der Waals surface area contributed by atoms with E-state index in [9.17, 15) is 40.7 Å². The van der Waals surface area contributed by atoms with Crippen molar-refractivity contribution in [2.45, 2.75) is 44.3 Å². The summed E-state index contributed by atoms with van der Waals surface area (Å²) >= 11 is 12.1. The number of hydrogen-bond donors (Lipinski definition) is 3. The Balaban J connectivity index is 1.58. The first-order valence-electron chi connectivity index (χ1n) is 13.4. The first kappa shape index (κ1) is 34.0. The van der Waals surface area contributed by atoms with Crippen molar-refractivity contribution in [2.24, 2.45) is 11.8 Å². The molecule has 1 atom stereocenters. The van der Waals surface area contributed by atoms with Crippen molar-refractivity contribution in [1.29, 1.82) is 0 Å². The summed E-state index contributed by atoms with van der Waals surface area (Å²) in [6.07, 6.45) is -9.77. The largest absolute Gasteiger partial charge is 0.573 e. The third kappa shape index (κ3) is 8.63. The van der Waals surface area contributed by atoms with E-state index in [0.717, 1.165) is 19.2 Å². The molecule has 0 aliphatic heterocycles. The maximum Gasteiger partial charge on any atom is 0.573 e. The average molecular weight is 680 g/mol. The molecule has 0 aromatic heterocycles. The number of urea groups is 1. The molecule has 16 heteroatoms. The predicted molar refractivity (Wildman–Crippen MR) is 155 cm³/mol. The second-order valence-electron chi connectivity index (χ2n) is 10.3. The monoisotopic (exact) mass is 679 g/mol. The fourth-order valence-electron chi connectivity index (χ4n) is 5.16. The molecule has 0 saturated heterocycles. The van der Waals surface area contributed by atoms with E-state index >= 15 is 0 Å². The van der Waals surface area contributed by atoms with E-state index < -0.39 is 54.1 Å². The Hall–Kier alpha value is -3.91. The van der Waals surface area contributed by atoms with Crippen LogP contribution in [0.15, 0.2) is 48.5 Å². The summed E-state index contributed by atoms with van der Waals surface area (Å²) in [6, 6.07) is 9.05. The van der Waals surface area contributed by atoms with Crippen molar-refractivity contribution in [3.05, 3.63) is 64.1 Å². The highest BCUT2D eigenvalue weighted by Gasteiger charge is 2.44. The Bertz CT molecular complexity index is 1570. The van der Waals surface area contributed by atoms with Gasteiger partial charge in [-0.25, -0.2) is 9.59 Å². The van der Waals surface area contributed by atoms with Gasteiger partial charge in [0, 0.05) is 12.1 Å². The molecule has 3 amide bonds. The summed E-state index contributed by atoms with van der Waals surface area (Å²) in [4.78, 5) is 39.2. The molecule has 242 valence electrons. The number of carbonyl (C=O) groups is 3. The molecule has 1 aliphatic carbocycles. The molecule has 1 fully saturated rings. The van der Waals surface area contributed by atoms with E-state index in [-0.39, 0.29) is 52.7 Å². The Morgan fingerprint density at radius 3 is 1.98 bits per heavy atom. The lowest BCUT2D eigenvalue weighted by atomic mass is 9.78. The summed E-state index contributed by atoms with van der Waals surface area (Å²) in [5.74, 6) is -4.52. The summed E-state index contributed by atoms with van der Waals surface area (Å²) in [7, 11) is 1.09. The highest BCUT2D eigenvalue weighted by molar-refractivity contribution is 6.40. The van der Waals surface area contributed by atoms with Gasteiger partial charge < -0.3 is 25.4 Å². The number of hydrogen-bond acceptors (Lipinski definition) is 5. The number of nitrogens with one attached hydrogen (secondary N) is 3. The number of anilines is 2. The van der Waals surface area contributed by atoms with E-state index in [1.54, 1.807) is 24.3 Å². The lowest BCUT2D eigenvalue weighted by Crippen LogP contribution is -2.48. The van der Waals surface area contributed by atoms with Gasteiger partial charge in [0.1, 0.15) is 11.8 Å². The van der Waals surface area contributed by atoms with Crippen molar-refractivity contribution in [3.63, 3.8) is 0 Å². The van der Waals surface area contributed by atoms with Crippen LogP contribution in [0.1, 0.15) is 36.0 Å². The summed E-state index contributed by atoms with van der Waals surface area (Å²) in [5, 5.41) is 7.78. The summed E-state index contributed by atoms with van der Waals surface area (Å²) < 4.78 is 86.0. The summed E-state index contributed by atoms with van der Waals surface area (Å²) in [5.41, 5.74) is -0.400. The molecule has 1 aliphatic rings. The molecule has 0 radical (unpaired) electrons. The molecule has 1 saturated carbocycles. The van der Waals surface area contributed by atoms with E-state index in [1.165, 1.54) is 12.1 Å². The van der Waals surface area contributed by atoms with Gasteiger partial charge >= 0.3 is 24.5 Å². The number of ether oxygens (including phenoxy) is 2. The summed E-state index contributed by atoms with van der Waals surface area (Å²) in [6.45, 7) is 0. The van der Waals surface area contributed by atoms with Gasteiger partial charge in [0.05, 0.1) is 40.0 Å². The highest BCUT2D eigenvalue weighted by atomic mass is 35.5. The van der Waals surface area contributed by atoms with Crippen molar-refractivity contribution < 1.29 is 50.2 Å². The zero-order valence-electron chi connectivity index (χ0n) is 23.2. The molecule has 3 N–H and O–H groups in total. The van der Waals surface area contributed by atoms with Crippen LogP contribution >= 0.6 is 23.2 Å². The molecule has 0 spiro atoms. The Morgan fingerprint density at radius 2 is 1.44 bits per heavy atom. The van der Waals surface area contributed by atoms with Gasteiger partial charge in [-0.05, 0) is 54.5 Å². The van der Waals surface area contributed by atoms with Gasteiger partial charge in [-0.3, -0.25) is 4.79 Å². The molecule has 1 unspecified atom stereocenters. The molecule has 8 nitrogen and oxygen atoms in total. The van der Waals surface area contributed by atoms with E-state index in [2.05, 4.69) is 20.7 Å². The number of halogens is 8. The van der Waals surface area contributed by atoms with Crippen molar-refractivity contribution in [2.75, 3.05) is 17.7 Å². The van der Waals surface area contributed by atoms with E-state index in [0.29, 0.717) is 10.8 Å². The van der Waals surface area contributed by atoms with Gasteiger partial charge in [-0.15, -0.1) is 13.2 Å². The Kier molecular flexibility index (Phi) is 10.3. The maximum atomic E-state index is 13.6. The van der Waals surface area contributed by atoms with Gasteiger partial charge in [-0.1, -0.05) is 47.5 Å². The smallest absolute Gasteiger partial charge is 0.467 e. The standard InChI is InChI=1S/C29H25Cl2F6N3O5/c1-44-26(42)23(14-6-8-17(9-7-14)28(32,33)34)39-25(41)19-10-15-4-2-3-5-16(15)11-22(19)38-27(43)40-24-20(30)12-18(13-21(24)31)45-29(35,36)37/h2-5,10-14,17,23H,6-9H2,1H3,(H,39,41)(H2,38,40,43). The average Bonchev–Trinajstić information content (AvgIpc) is 2.95. The van der Waals surface area contributed by atoms with Crippen molar-refractivity contribution in [1.82, 2.24) is 5.32 Å². The SMILES string of the molecule is COC(=O)C(NC(=O)c1cc2ccccc2cc1NC(=O)Nc1c(Cl)cc(OC(F)(F)F)cc1Cl)C1CCC(C(F)(F)F)CC1. The molecule has 0 heterocycles. The van der Waals surface area contributed by atoms with Gasteiger partial charge in [0.2, 0.25) is 0 Å². The normalized spacial score (nSPS) is 17.7. The number of benzene rings is 3. The number of methoxy groups -OCH3 is 1. The van der Waals surface area contributed by atoms with Crippen LogP contribution in [0.5, 0.6) is 5.75 Å². The Morgan fingerprint density at radius 1 is 0.867 bits per heavy atom. The lowest BCUT2D eigenvalue weighted by molar-refractivity contribution is -0.274. The van der Waals surface area contributed by atoms with Crippen LogP contribution in [0.4, 0.5) is 42.5 Å². The topological polar surface area (TPSA) is 106 Å². The van der Waals surface area contributed by atoms with Crippen molar-refractivity contribution >= 4 is 63.3 Å². The predicted octanol–water partition coefficient (Wildman–Crippen LogP) is 8.33. The van der Waals surface area contributed by atoms with Crippen LogP contribution in [-0.2, 0) is 9.53 Å². The first-order chi connectivity index (χ1) is 21.1. The lowest BCUT2D eigenvalue weighted by Gasteiger charge is -2.33.